The molecule has 0 amide bonds. The third-order valence-electron chi connectivity index (χ3n) is 3.81. The molecule has 0 rings (SSSR count). The summed E-state index contributed by atoms with van der Waals surface area (Å²) in [6.07, 6.45) is 6.58. The van der Waals surface area contributed by atoms with E-state index in [9.17, 15) is 8.42 Å². The zero-order valence-corrected chi connectivity index (χ0v) is 14.5. The molecular weight excluding hydrogens is 258 g/mol. The van der Waals surface area contributed by atoms with E-state index in [1.807, 2.05) is 0 Å². The molecule has 0 aliphatic carbocycles. The van der Waals surface area contributed by atoms with Gasteiger partial charge in [0, 0.05) is 18.3 Å². The molecule has 116 valence electrons. The largest absolute Gasteiger partial charge is 0.312 e. The minimum atomic E-state index is -2.87. The number of rotatable bonds is 9. The van der Waals surface area contributed by atoms with Crippen LogP contribution in [0.1, 0.15) is 66.7 Å². The first kappa shape index (κ1) is 18.9. The predicted octanol–water partition coefficient (Wildman–Crippen LogP) is 3.40. The van der Waals surface area contributed by atoms with Gasteiger partial charge >= 0.3 is 0 Å². The van der Waals surface area contributed by atoms with Crippen molar-refractivity contribution in [1.29, 1.82) is 0 Å². The summed E-state index contributed by atoms with van der Waals surface area (Å²) in [4.78, 5) is 0. The molecule has 0 fully saturated rings. The molecule has 19 heavy (non-hydrogen) atoms. The molecule has 1 atom stereocenters. The average molecular weight is 292 g/mol. The van der Waals surface area contributed by atoms with Gasteiger partial charge in [0.1, 0.15) is 9.84 Å². The van der Waals surface area contributed by atoms with Gasteiger partial charge in [-0.25, -0.2) is 8.42 Å². The first-order valence-corrected chi connectivity index (χ1v) is 9.52. The molecular formula is C15H33NO2S. The summed E-state index contributed by atoms with van der Waals surface area (Å²) in [7, 11) is -2.87. The fourth-order valence-electron chi connectivity index (χ4n) is 2.19. The lowest BCUT2D eigenvalue weighted by Gasteiger charge is -2.36. The van der Waals surface area contributed by atoms with Crippen molar-refractivity contribution in [3.63, 3.8) is 0 Å². The van der Waals surface area contributed by atoms with E-state index in [-0.39, 0.29) is 11.0 Å². The first-order valence-electron chi connectivity index (χ1n) is 7.46. The van der Waals surface area contributed by atoms with Gasteiger partial charge in [0.05, 0.1) is 5.75 Å². The highest BCUT2D eigenvalue weighted by Gasteiger charge is 2.29. The zero-order valence-electron chi connectivity index (χ0n) is 13.7. The monoisotopic (exact) mass is 291 g/mol. The van der Waals surface area contributed by atoms with Gasteiger partial charge < -0.3 is 5.32 Å². The molecule has 0 aliphatic heterocycles. The second-order valence-corrected chi connectivity index (χ2v) is 9.20. The van der Waals surface area contributed by atoms with E-state index in [1.54, 1.807) is 0 Å². The predicted molar refractivity (Wildman–Crippen MR) is 84.3 cm³/mol. The van der Waals surface area contributed by atoms with Crippen molar-refractivity contribution in [3.8, 4) is 0 Å². The van der Waals surface area contributed by atoms with Gasteiger partial charge in [-0.2, -0.15) is 0 Å². The van der Waals surface area contributed by atoms with Crippen molar-refractivity contribution in [2.24, 2.45) is 5.41 Å². The second-order valence-electron chi connectivity index (χ2n) is 6.94. The van der Waals surface area contributed by atoms with Crippen LogP contribution in [0.5, 0.6) is 0 Å². The molecule has 0 bridgehead atoms. The third kappa shape index (κ3) is 9.44. The van der Waals surface area contributed by atoms with Crippen molar-refractivity contribution in [3.05, 3.63) is 0 Å². The van der Waals surface area contributed by atoms with E-state index >= 15 is 0 Å². The molecule has 0 saturated carbocycles. The van der Waals surface area contributed by atoms with Crippen LogP contribution in [0.25, 0.3) is 0 Å². The lowest BCUT2D eigenvalue weighted by molar-refractivity contribution is 0.201. The average Bonchev–Trinajstić information content (AvgIpc) is 2.26. The Morgan fingerprint density at radius 3 is 2.00 bits per heavy atom. The van der Waals surface area contributed by atoms with E-state index in [0.717, 1.165) is 32.2 Å². The van der Waals surface area contributed by atoms with Crippen LogP contribution in [-0.2, 0) is 9.84 Å². The fourth-order valence-corrected chi connectivity index (χ4v) is 2.99. The lowest BCUT2D eigenvalue weighted by atomic mass is 9.77. The van der Waals surface area contributed by atoms with Crippen LogP contribution in [0.15, 0.2) is 0 Å². The highest BCUT2D eigenvalue weighted by molar-refractivity contribution is 7.90. The Hall–Kier alpha value is -0.0900. The minimum absolute atomic E-state index is 0.0811. The molecule has 0 saturated heterocycles. The summed E-state index contributed by atoms with van der Waals surface area (Å²) in [5.41, 5.74) is 0.199. The van der Waals surface area contributed by atoms with E-state index in [2.05, 4.69) is 39.9 Å². The fraction of sp³-hybridized carbons (Fsp3) is 1.00. The van der Waals surface area contributed by atoms with Crippen LogP contribution in [0.2, 0.25) is 0 Å². The molecule has 1 N–H and O–H groups in total. The number of hydrogen-bond acceptors (Lipinski definition) is 3. The highest BCUT2D eigenvalue weighted by Crippen LogP contribution is 2.33. The van der Waals surface area contributed by atoms with Gasteiger partial charge in [-0.15, -0.1) is 0 Å². The Labute approximate surface area is 120 Å². The molecule has 0 heterocycles. The van der Waals surface area contributed by atoms with E-state index < -0.39 is 9.84 Å². The van der Waals surface area contributed by atoms with Crippen LogP contribution in [0.3, 0.4) is 0 Å². The standard InChI is InChI=1S/C15H33NO2S/c1-7-9-10-15(8-2,11-12-19(6,17)18)13-16-14(3,4)5/h16H,7-13H2,1-6H3. The third-order valence-corrected chi connectivity index (χ3v) is 4.75. The van der Waals surface area contributed by atoms with Crippen LogP contribution in [0.4, 0.5) is 0 Å². The summed E-state index contributed by atoms with van der Waals surface area (Å²) >= 11 is 0. The van der Waals surface area contributed by atoms with Gasteiger partial charge in [0.15, 0.2) is 0 Å². The molecule has 0 radical (unpaired) electrons. The Kier molecular flexibility index (Phi) is 7.59. The van der Waals surface area contributed by atoms with Crippen LogP contribution >= 0.6 is 0 Å². The Balaban J connectivity index is 4.76. The molecule has 0 aromatic carbocycles. The molecule has 0 spiro atoms. The molecule has 0 aromatic heterocycles. The maximum absolute atomic E-state index is 11.4. The van der Waals surface area contributed by atoms with Crippen molar-refractivity contribution < 1.29 is 8.42 Å². The topological polar surface area (TPSA) is 46.2 Å². The first-order chi connectivity index (χ1) is 8.54. The maximum atomic E-state index is 11.4. The molecule has 3 nitrogen and oxygen atoms in total. The second kappa shape index (κ2) is 7.63. The number of hydrogen-bond donors (Lipinski definition) is 1. The summed E-state index contributed by atoms with van der Waals surface area (Å²) < 4.78 is 22.9. The molecule has 1 unspecified atom stereocenters. The van der Waals surface area contributed by atoms with Crippen LogP contribution in [-0.4, -0.2) is 32.5 Å². The van der Waals surface area contributed by atoms with E-state index in [0.29, 0.717) is 5.75 Å². The van der Waals surface area contributed by atoms with Gasteiger partial charge in [0.25, 0.3) is 0 Å². The molecule has 4 heteroatoms. The summed E-state index contributed by atoms with van der Waals surface area (Å²) in [5, 5.41) is 3.56. The van der Waals surface area contributed by atoms with Crippen molar-refractivity contribution >= 4 is 9.84 Å². The van der Waals surface area contributed by atoms with Gasteiger partial charge in [-0.05, 0) is 45.4 Å². The van der Waals surface area contributed by atoms with Gasteiger partial charge in [-0.1, -0.05) is 26.7 Å². The normalized spacial score (nSPS) is 16.3. The van der Waals surface area contributed by atoms with Crippen molar-refractivity contribution in [1.82, 2.24) is 5.32 Å². The van der Waals surface area contributed by atoms with Crippen LogP contribution in [0, 0.1) is 5.41 Å². The molecule has 0 aliphatic rings. The quantitative estimate of drug-likeness (QED) is 0.708. The number of unbranched alkanes of at least 4 members (excludes halogenated alkanes) is 1. The SMILES string of the molecule is CCCCC(CC)(CCS(C)(=O)=O)CNC(C)(C)C. The number of sulfone groups is 1. The smallest absolute Gasteiger partial charge is 0.147 e. The van der Waals surface area contributed by atoms with Crippen molar-refractivity contribution in [2.75, 3.05) is 18.6 Å². The van der Waals surface area contributed by atoms with Gasteiger partial charge in [0.2, 0.25) is 0 Å². The van der Waals surface area contributed by atoms with E-state index in [4.69, 9.17) is 0 Å². The number of nitrogens with one attached hydrogen (secondary N) is 1. The van der Waals surface area contributed by atoms with Crippen molar-refractivity contribution in [2.45, 2.75) is 72.3 Å². The van der Waals surface area contributed by atoms with Crippen LogP contribution < -0.4 is 5.32 Å². The lowest BCUT2D eigenvalue weighted by Crippen LogP contribution is -2.44. The summed E-state index contributed by atoms with van der Waals surface area (Å²) in [6.45, 7) is 11.7. The maximum Gasteiger partial charge on any atom is 0.147 e. The highest BCUT2D eigenvalue weighted by atomic mass is 32.2. The zero-order chi connectivity index (χ0) is 15.2. The Morgan fingerprint density at radius 2 is 1.63 bits per heavy atom. The Morgan fingerprint density at radius 1 is 1.05 bits per heavy atom. The Bertz CT molecular complexity index is 344. The van der Waals surface area contributed by atoms with Gasteiger partial charge in [-0.3, -0.25) is 0 Å². The summed E-state index contributed by atoms with van der Waals surface area (Å²) in [6, 6.07) is 0. The minimum Gasteiger partial charge on any atom is -0.312 e. The summed E-state index contributed by atoms with van der Waals surface area (Å²) in [5.74, 6) is 0.302. The van der Waals surface area contributed by atoms with E-state index in [1.165, 1.54) is 12.7 Å². The molecule has 0 aromatic rings.